The van der Waals surface area contributed by atoms with Gasteiger partial charge in [-0.25, -0.2) is 0 Å². The van der Waals surface area contributed by atoms with E-state index in [0.29, 0.717) is 4.99 Å². The number of nitrogens with two attached hydrogens (primary N) is 1. The Bertz CT molecular complexity index is 231. The van der Waals surface area contributed by atoms with Gasteiger partial charge in [0.1, 0.15) is 4.99 Å². The average Bonchev–Trinajstić information content (AvgIpc) is 2.14. The highest BCUT2D eigenvalue weighted by Gasteiger charge is 1.97. The van der Waals surface area contributed by atoms with Crippen molar-refractivity contribution in [1.82, 2.24) is 0 Å². The van der Waals surface area contributed by atoms with Crippen LogP contribution in [-0.2, 0) is 0 Å². The molecule has 0 saturated heterocycles. The molecule has 4 heteroatoms. The molecule has 1 aromatic rings. The first-order chi connectivity index (χ1) is 4.20. The van der Waals surface area contributed by atoms with E-state index in [0.717, 1.165) is 9.21 Å². The molecule has 0 aliphatic carbocycles. The predicted molar refractivity (Wildman–Crippen MR) is 45.2 cm³/mol. The highest BCUT2D eigenvalue weighted by molar-refractivity contribution is 7.81. The molecule has 1 rings (SSSR count). The topological polar surface area (TPSA) is 26.0 Å². The van der Waals surface area contributed by atoms with Gasteiger partial charge in [-0.2, -0.15) is 0 Å². The van der Waals surface area contributed by atoms with E-state index in [9.17, 15) is 0 Å². The minimum absolute atomic E-state index is 0.409. The SMILES string of the molecule is NC(=S)c1ccc(Cl)s1. The highest BCUT2D eigenvalue weighted by Crippen LogP contribution is 2.20. The molecule has 0 bridgehead atoms. The Morgan fingerprint density at radius 2 is 2.33 bits per heavy atom. The monoisotopic (exact) mass is 177 g/mol. The molecular formula is C5H4ClNS2. The fraction of sp³-hybridized carbons (Fsp3) is 0. The number of halogens is 1. The van der Waals surface area contributed by atoms with Crippen LogP contribution < -0.4 is 5.73 Å². The van der Waals surface area contributed by atoms with Gasteiger partial charge >= 0.3 is 0 Å². The molecule has 0 fully saturated rings. The maximum Gasteiger partial charge on any atom is 0.114 e. The highest BCUT2D eigenvalue weighted by atomic mass is 35.5. The van der Waals surface area contributed by atoms with E-state index >= 15 is 0 Å². The van der Waals surface area contributed by atoms with E-state index < -0.39 is 0 Å². The quantitative estimate of drug-likeness (QED) is 0.665. The van der Waals surface area contributed by atoms with Gasteiger partial charge in [-0.1, -0.05) is 23.8 Å². The second-order valence-electron chi connectivity index (χ2n) is 1.47. The summed E-state index contributed by atoms with van der Waals surface area (Å²) in [6.45, 7) is 0. The van der Waals surface area contributed by atoms with Gasteiger partial charge in [0.05, 0.1) is 9.21 Å². The van der Waals surface area contributed by atoms with Crippen LogP contribution in [0.1, 0.15) is 4.88 Å². The lowest BCUT2D eigenvalue weighted by molar-refractivity contribution is 1.79. The molecule has 9 heavy (non-hydrogen) atoms. The Hall–Kier alpha value is -0.120. The summed E-state index contributed by atoms with van der Waals surface area (Å²) < 4.78 is 0.720. The molecule has 1 aromatic heterocycles. The molecule has 0 unspecified atom stereocenters. The zero-order chi connectivity index (χ0) is 6.85. The van der Waals surface area contributed by atoms with Crippen LogP contribution >= 0.6 is 35.2 Å². The predicted octanol–water partition coefficient (Wildman–Crippen LogP) is 2.04. The van der Waals surface area contributed by atoms with Crippen molar-refractivity contribution in [3.8, 4) is 0 Å². The standard InChI is InChI=1S/C5H4ClNS2/c6-4-2-1-3(9-4)5(7)8/h1-2H,(H2,7,8). The number of hydrogen-bond donors (Lipinski definition) is 1. The van der Waals surface area contributed by atoms with Gasteiger partial charge in [-0.15, -0.1) is 11.3 Å². The van der Waals surface area contributed by atoms with Crippen LogP contribution in [0.5, 0.6) is 0 Å². The van der Waals surface area contributed by atoms with Crippen molar-refractivity contribution < 1.29 is 0 Å². The van der Waals surface area contributed by atoms with Crippen molar-refractivity contribution in [2.75, 3.05) is 0 Å². The molecule has 48 valence electrons. The van der Waals surface area contributed by atoms with Crippen LogP contribution in [0.15, 0.2) is 12.1 Å². The third-order valence-corrected chi connectivity index (χ3v) is 2.43. The summed E-state index contributed by atoms with van der Waals surface area (Å²) in [5, 5.41) is 0. The number of thiophene rings is 1. The third kappa shape index (κ3) is 1.64. The second-order valence-corrected chi connectivity index (χ2v) is 3.62. The lowest BCUT2D eigenvalue weighted by Crippen LogP contribution is -2.06. The minimum atomic E-state index is 0.409. The smallest absolute Gasteiger partial charge is 0.114 e. The normalized spacial score (nSPS) is 9.44. The molecule has 0 saturated carbocycles. The lowest BCUT2D eigenvalue weighted by Gasteiger charge is -1.85. The van der Waals surface area contributed by atoms with Gasteiger partial charge in [-0.3, -0.25) is 0 Å². The van der Waals surface area contributed by atoms with Crippen LogP contribution in [0, 0.1) is 0 Å². The second kappa shape index (κ2) is 2.64. The summed E-state index contributed by atoms with van der Waals surface area (Å²) >= 11 is 11.7. The lowest BCUT2D eigenvalue weighted by atomic mass is 10.5. The minimum Gasteiger partial charge on any atom is -0.389 e. The third-order valence-electron chi connectivity index (χ3n) is 0.816. The van der Waals surface area contributed by atoms with Crippen molar-refractivity contribution in [2.45, 2.75) is 0 Å². The molecule has 1 heterocycles. The maximum absolute atomic E-state index is 5.61. The molecule has 1 nitrogen and oxygen atoms in total. The summed E-state index contributed by atoms with van der Waals surface area (Å²) in [5.41, 5.74) is 5.31. The van der Waals surface area contributed by atoms with Crippen molar-refractivity contribution in [1.29, 1.82) is 0 Å². The van der Waals surface area contributed by atoms with E-state index in [-0.39, 0.29) is 0 Å². The van der Waals surface area contributed by atoms with E-state index in [2.05, 4.69) is 0 Å². The van der Waals surface area contributed by atoms with Crippen LogP contribution in [0.2, 0.25) is 4.34 Å². The first-order valence-electron chi connectivity index (χ1n) is 2.25. The van der Waals surface area contributed by atoms with Crippen LogP contribution in [0.4, 0.5) is 0 Å². The Morgan fingerprint density at radius 1 is 1.67 bits per heavy atom. The molecule has 0 aliphatic rings. The van der Waals surface area contributed by atoms with Crippen molar-refractivity contribution in [3.05, 3.63) is 21.3 Å². The molecular weight excluding hydrogens is 174 g/mol. The van der Waals surface area contributed by atoms with Gasteiger partial charge in [0, 0.05) is 0 Å². The summed E-state index contributed by atoms with van der Waals surface area (Å²) in [4.78, 5) is 1.28. The van der Waals surface area contributed by atoms with Crippen molar-refractivity contribution in [2.24, 2.45) is 5.73 Å². The molecule has 0 atom stereocenters. The molecule has 0 amide bonds. The van der Waals surface area contributed by atoms with Gasteiger partial charge < -0.3 is 5.73 Å². The van der Waals surface area contributed by atoms with Gasteiger partial charge in [-0.05, 0) is 12.1 Å². The van der Waals surface area contributed by atoms with E-state index in [1.54, 1.807) is 6.07 Å². The molecule has 0 aromatic carbocycles. The largest absolute Gasteiger partial charge is 0.389 e. The Morgan fingerprint density at radius 3 is 2.56 bits per heavy atom. The fourth-order valence-corrected chi connectivity index (χ4v) is 1.53. The molecule has 0 spiro atoms. The van der Waals surface area contributed by atoms with Gasteiger partial charge in [0.15, 0.2) is 0 Å². The van der Waals surface area contributed by atoms with Gasteiger partial charge in [0.2, 0.25) is 0 Å². The van der Waals surface area contributed by atoms with E-state index in [4.69, 9.17) is 29.6 Å². The first-order valence-corrected chi connectivity index (χ1v) is 3.85. The summed E-state index contributed by atoms with van der Waals surface area (Å²) in [5.74, 6) is 0. The summed E-state index contributed by atoms with van der Waals surface area (Å²) in [6, 6.07) is 3.59. The Balaban J connectivity index is 2.98. The zero-order valence-corrected chi connectivity index (χ0v) is 6.82. The summed E-state index contributed by atoms with van der Waals surface area (Å²) in [7, 11) is 0. The van der Waals surface area contributed by atoms with E-state index in [1.165, 1.54) is 11.3 Å². The van der Waals surface area contributed by atoms with Crippen LogP contribution in [-0.4, -0.2) is 4.99 Å². The number of hydrogen-bond acceptors (Lipinski definition) is 2. The Labute approximate surface area is 67.4 Å². The first kappa shape index (κ1) is 6.99. The average molecular weight is 178 g/mol. The van der Waals surface area contributed by atoms with Gasteiger partial charge in [0.25, 0.3) is 0 Å². The maximum atomic E-state index is 5.61. The van der Waals surface area contributed by atoms with Crippen molar-refractivity contribution >= 4 is 40.1 Å². The molecule has 2 N–H and O–H groups in total. The van der Waals surface area contributed by atoms with Crippen molar-refractivity contribution in [3.63, 3.8) is 0 Å². The summed E-state index contributed by atoms with van der Waals surface area (Å²) in [6.07, 6.45) is 0. The fourth-order valence-electron chi connectivity index (χ4n) is 0.447. The Kier molecular flexibility index (Phi) is 2.05. The number of rotatable bonds is 1. The van der Waals surface area contributed by atoms with Crippen LogP contribution in [0.25, 0.3) is 0 Å². The number of thiocarbonyl (C=S) groups is 1. The molecule has 0 aliphatic heterocycles. The van der Waals surface area contributed by atoms with E-state index in [1.807, 2.05) is 6.07 Å². The zero-order valence-electron chi connectivity index (χ0n) is 4.43. The molecule has 0 radical (unpaired) electrons. The van der Waals surface area contributed by atoms with Crippen LogP contribution in [0.3, 0.4) is 0 Å².